The van der Waals surface area contributed by atoms with Crippen LogP contribution >= 0.6 is 0 Å². The number of hydrogen-bond donors (Lipinski definition) is 2. The van der Waals surface area contributed by atoms with Crippen LogP contribution in [0.1, 0.15) is 18.4 Å². The first-order valence-electron chi connectivity index (χ1n) is 10.5. The van der Waals surface area contributed by atoms with Gasteiger partial charge in [0, 0.05) is 25.6 Å². The number of likely N-dealkylation sites (tertiary alicyclic amines) is 1. The van der Waals surface area contributed by atoms with Crippen LogP contribution in [0.25, 0.3) is 0 Å². The maximum absolute atomic E-state index is 13.4. The predicted molar refractivity (Wildman–Crippen MR) is 113 cm³/mol. The molecule has 1 aliphatic heterocycles. The van der Waals surface area contributed by atoms with Gasteiger partial charge in [-0.1, -0.05) is 0 Å². The van der Waals surface area contributed by atoms with E-state index in [1.807, 2.05) is 5.32 Å². The maximum atomic E-state index is 13.4. The molecule has 0 spiro atoms. The van der Waals surface area contributed by atoms with Crippen LogP contribution in [-0.2, 0) is 16.0 Å². The fraction of sp³-hybridized carbons (Fsp3) is 0.429. The number of aromatic nitrogens is 3. The van der Waals surface area contributed by atoms with Gasteiger partial charge in [-0.25, -0.2) is 19.7 Å². The molecule has 0 bridgehead atoms. The Bertz CT molecular complexity index is 1090. The second-order valence-corrected chi connectivity index (χ2v) is 8.30. The Kier molecular flexibility index (Phi) is 6.11. The predicted octanol–water partition coefficient (Wildman–Crippen LogP) is 1.54. The smallest absolute Gasteiger partial charge is 0.384 e. The van der Waals surface area contributed by atoms with Crippen LogP contribution in [0.3, 0.4) is 0 Å². The van der Waals surface area contributed by atoms with Crippen molar-refractivity contribution in [2.75, 3.05) is 17.7 Å². The summed E-state index contributed by atoms with van der Waals surface area (Å²) >= 11 is 0. The van der Waals surface area contributed by atoms with Crippen LogP contribution < -0.4 is 16.0 Å². The van der Waals surface area contributed by atoms with Crippen LogP contribution in [0.5, 0.6) is 0 Å². The molecule has 1 saturated heterocycles. The van der Waals surface area contributed by atoms with E-state index < -0.39 is 47.9 Å². The second-order valence-electron chi connectivity index (χ2n) is 8.30. The standard InChI is InChI=1S/C21H22F3N7O3/c1-30(19-27-6-2-7-28-19)18(33)15-13(9-11-5-8-26-14(25)10-11)17(32)31(15)20(34)29-16(12-3-4-12)21(22,23)24/h2,5-8,10,12-13,15-16H,3-4,9H2,1H3,(H2,25,26)(H,29,34)/t13?,15-,16-/m0/s1. The minimum atomic E-state index is -4.67. The molecule has 34 heavy (non-hydrogen) atoms. The highest BCUT2D eigenvalue weighted by atomic mass is 19.4. The van der Waals surface area contributed by atoms with Crippen molar-refractivity contribution in [2.24, 2.45) is 11.8 Å². The Morgan fingerprint density at radius 1 is 1.24 bits per heavy atom. The van der Waals surface area contributed by atoms with Gasteiger partial charge in [-0.2, -0.15) is 13.2 Å². The minimum absolute atomic E-state index is 0.0188. The quantitative estimate of drug-likeness (QED) is 0.603. The van der Waals surface area contributed by atoms with Crippen molar-refractivity contribution >= 4 is 29.6 Å². The average molecular weight is 477 g/mol. The van der Waals surface area contributed by atoms with E-state index in [2.05, 4.69) is 15.0 Å². The molecule has 3 atom stereocenters. The molecule has 3 heterocycles. The lowest BCUT2D eigenvalue weighted by Crippen LogP contribution is -2.71. The highest BCUT2D eigenvalue weighted by Gasteiger charge is 2.57. The Labute approximate surface area is 192 Å². The Hall–Kier alpha value is -3.77. The molecule has 2 aromatic rings. The summed E-state index contributed by atoms with van der Waals surface area (Å²) in [4.78, 5) is 52.5. The molecule has 2 fully saturated rings. The normalized spacial score (nSPS) is 20.9. The van der Waals surface area contributed by atoms with E-state index in [0.29, 0.717) is 23.3 Å². The molecule has 0 radical (unpaired) electrons. The molecule has 2 aromatic heterocycles. The average Bonchev–Trinajstić information content (AvgIpc) is 3.63. The number of nitrogens with one attached hydrogen (secondary N) is 1. The summed E-state index contributed by atoms with van der Waals surface area (Å²) in [7, 11) is 1.36. The summed E-state index contributed by atoms with van der Waals surface area (Å²) in [5.41, 5.74) is 6.27. The third kappa shape index (κ3) is 4.63. The first-order valence-corrected chi connectivity index (χ1v) is 10.5. The van der Waals surface area contributed by atoms with Crippen molar-refractivity contribution in [3.8, 4) is 0 Å². The third-order valence-electron chi connectivity index (χ3n) is 5.89. The number of nitrogen functional groups attached to an aromatic ring is 1. The zero-order valence-corrected chi connectivity index (χ0v) is 18.1. The van der Waals surface area contributed by atoms with Crippen molar-refractivity contribution < 1.29 is 27.6 Å². The maximum Gasteiger partial charge on any atom is 0.408 e. The molecule has 4 amide bonds. The van der Waals surface area contributed by atoms with Gasteiger partial charge in [-0.05, 0) is 48.9 Å². The van der Waals surface area contributed by atoms with Crippen LogP contribution in [0, 0.1) is 11.8 Å². The number of carbonyl (C=O) groups is 3. The topological polar surface area (TPSA) is 134 Å². The summed E-state index contributed by atoms with van der Waals surface area (Å²) in [5.74, 6) is -2.98. The van der Waals surface area contributed by atoms with Crippen LogP contribution in [0.4, 0.5) is 29.7 Å². The van der Waals surface area contributed by atoms with E-state index in [1.54, 1.807) is 12.1 Å². The number of nitrogens with zero attached hydrogens (tertiary/aromatic N) is 5. The highest BCUT2D eigenvalue weighted by Crippen LogP contribution is 2.41. The number of nitrogens with two attached hydrogens (primary N) is 1. The van der Waals surface area contributed by atoms with Gasteiger partial charge in [0.15, 0.2) is 0 Å². The number of carbonyl (C=O) groups excluding carboxylic acids is 3. The number of pyridine rings is 1. The first-order chi connectivity index (χ1) is 16.1. The number of amides is 4. The Morgan fingerprint density at radius 2 is 1.91 bits per heavy atom. The lowest BCUT2D eigenvalue weighted by atomic mass is 9.81. The number of halogens is 3. The molecule has 180 valence electrons. The van der Waals surface area contributed by atoms with Gasteiger partial charge in [-0.3, -0.25) is 19.4 Å². The van der Waals surface area contributed by atoms with Gasteiger partial charge < -0.3 is 11.1 Å². The van der Waals surface area contributed by atoms with E-state index in [9.17, 15) is 27.6 Å². The zero-order chi connectivity index (χ0) is 24.6. The Balaban J connectivity index is 1.59. The molecular weight excluding hydrogens is 455 g/mol. The summed E-state index contributed by atoms with van der Waals surface area (Å²) in [6, 6.07) is -0.0220. The van der Waals surface area contributed by atoms with Crippen molar-refractivity contribution in [1.29, 1.82) is 0 Å². The van der Waals surface area contributed by atoms with Crippen molar-refractivity contribution in [1.82, 2.24) is 25.2 Å². The number of β-lactam (4-membered cyclic amide) rings is 1. The molecule has 0 aromatic carbocycles. The summed E-state index contributed by atoms with van der Waals surface area (Å²) < 4.78 is 40.3. The van der Waals surface area contributed by atoms with Gasteiger partial charge in [-0.15, -0.1) is 0 Å². The fourth-order valence-electron chi connectivity index (χ4n) is 3.99. The Morgan fingerprint density at radius 3 is 2.50 bits per heavy atom. The van der Waals surface area contributed by atoms with E-state index in [0.717, 1.165) is 4.90 Å². The summed E-state index contributed by atoms with van der Waals surface area (Å²) in [6.45, 7) is 0. The molecule has 10 nitrogen and oxygen atoms in total. The zero-order valence-electron chi connectivity index (χ0n) is 18.1. The minimum Gasteiger partial charge on any atom is -0.384 e. The van der Waals surface area contributed by atoms with E-state index in [-0.39, 0.29) is 18.2 Å². The molecule has 1 saturated carbocycles. The van der Waals surface area contributed by atoms with E-state index in [1.165, 1.54) is 31.7 Å². The molecule has 3 N–H and O–H groups in total. The lowest BCUT2D eigenvalue weighted by molar-refractivity contribution is -0.163. The van der Waals surface area contributed by atoms with Crippen LogP contribution in [-0.4, -0.2) is 63.0 Å². The van der Waals surface area contributed by atoms with Crippen molar-refractivity contribution in [3.63, 3.8) is 0 Å². The number of hydrogen-bond acceptors (Lipinski definition) is 7. The van der Waals surface area contributed by atoms with Crippen molar-refractivity contribution in [2.45, 2.75) is 37.5 Å². The van der Waals surface area contributed by atoms with Gasteiger partial charge in [0.05, 0.1) is 5.92 Å². The number of anilines is 2. The molecule has 13 heteroatoms. The molecule has 2 aliphatic rings. The number of imide groups is 1. The number of rotatable bonds is 6. The molecular formula is C21H22F3N7O3. The number of urea groups is 1. The lowest BCUT2D eigenvalue weighted by Gasteiger charge is -2.45. The number of likely N-dealkylation sites (N-methyl/N-ethyl adjacent to an activating group) is 1. The van der Waals surface area contributed by atoms with Gasteiger partial charge in [0.25, 0.3) is 5.91 Å². The summed E-state index contributed by atoms with van der Waals surface area (Å²) in [6.07, 6.45) is 0.255. The van der Waals surface area contributed by atoms with E-state index >= 15 is 0 Å². The summed E-state index contributed by atoms with van der Waals surface area (Å²) in [5, 5.41) is 1.92. The largest absolute Gasteiger partial charge is 0.408 e. The van der Waals surface area contributed by atoms with Crippen molar-refractivity contribution in [3.05, 3.63) is 42.4 Å². The molecule has 1 unspecified atom stereocenters. The fourth-order valence-corrected chi connectivity index (χ4v) is 3.99. The molecule has 1 aliphatic carbocycles. The van der Waals surface area contributed by atoms with Gasteiger partial charge in [0.2, 0.25) is 11.9 Å². The monoisotopic (exact) mass is 477 g/mol. The van der Waals surface area contributed by atoms with E-state index in [4.69, 9.17) is 5.73 Å². The molecule has 4 rings (SSSR count). The number of alkyl halides is 3. The third-order valence-corrected chi connectivity index (χ3v) is 5.89. The van der Waals surface area contributed by atoms with Crippen LogP contribution in [0.2, 0.25) is 0 Å². The second kappa shape index (κ2) is 8.88. The first kappa shape index (κ1) is 23.4. The van der Waals surface area contributed by atoms with Gasteiger partial charge in [0.1, 0.15) is 17.9 Å². The van der Waals surface area contributed by atoms with Crippen LogP contribution in [0.15, 0.2) is 36.8 Å². The van der Waals surface area contributed by atoms with Gasteiger partial charge >= 0.3 is 12.2 Å². The highest BCUT2D eigenvalue weighted by molar-refractivity contribution is 6.12. The SMILES string of the molecule is CN(C(=O)[C@@H]1C(Cc2ccnc(N)c2)C(=O)N1C(=O)N[C@@H](C1CC1)C(F)(F)F)c1ncccn1.